The van der Waals surface area contributed by atoms with Gasteiger partial charge in [-0.1, -0.05) is 0 Å². The van der Waals surface area contributed by atoms with Gasteiger partial charge in [-0.3, -0.25) is 4.68 Å². The van der Waals surface area contributed by atoms with E-state index in [2.05, 4.69) is 23.6 Å². The van der Waals surface area contributed by atoms with Crippen molar-refractivity contribution in [1.29, 1.82) is 5.26 Å². The lowest BCUT2D eigenvalue weighted by molar-refractivity contribution is -0.00280. The molecule has 4 aliphatic rings. The Morgan fingerprint density at radius 3 is 2.47 bits per heavy atom. The summed E-state index contributed by atoms with van der Waals surface area (Å²) in [5, 5.41) is 13.1. The van der Waals surface area contributed by atoms with Crippen molar-refractivity contribution in [2.24, 2.45) is 23.7 Å². The first-order valence-corrected chi connectivity index (χ1v) is 7.72. The topological polar surface area (TPSA) is 41.6 Å². The molecule has 0 aliphatic heterocycles. The van der Waals surface area contributed by atoms with Gasteiger partial charge < -0.3 is 0 Å². The highest BCUT2D eigenvalue weighted by Gasteiger charge is 2.48. The first kappa shape index (κ1) is 11.5. The van der Waals surface area contributed by atoms with Gasteiger partial charge in [0, 0.05) is 6.20 Å². The standard InChI is InChI=1S/C16H21N3/c17-2-1-3-19-10-15(9-18-19)16-13-5-11-4-12(7-13)8-14(16)6-11/h9-14,16H,1,3-8H2. The minimum absolute atomic E-state index is 0.558. The molecule has 5 rings (SSSR count). The van der Waals surface area contributed by atoms with Crippen LogP contribution in [0.3, 0.4) is 0 Å². The van der Waals surface area contributed by atoms with Crippen LogP contribution in [0.25, 0.3) is 0 Å². The summed E-state index contributed by atoms with van der Waals surface area (Å²) in [5.74, 6) is 4.68. The Kier molecular flexibility index (Phi) is 2.65. The van der Waals surface area contributed by atoms with Crippen LogP contribution < -0.4 is 0 Å². The molecule has 1 heterocycles. The SMILES string of the molecule is N#CCCn1cc(C2C3CC4CC(C3)CC2C4)cn1. The van der Waals surface area contributed by atoms with E-state index in [1.807, 2.05) is 4.68 Å². The van der Waals surface area contributed by atoms with Gasteiger partial charge in [0.05, 0.1) is 25.2 Å². The van der Waals surface area contributed by atoms with Crippen molar-refractivity contribution in [2.45, 2.75) is 51.0 Å². The van der Waals surface area contributed by atoms with Gasteiger partial charge >= 0.3 is 0 Å². The zero-order chi connectivity index (χ0) is 12.8. The second kappa shape index (κ2) is 4.37. The van der Waals surface area contributed by atoms with Crippen LogP contribution in [-0.2, 0) is 6.54 Å². The van der Waals surface area contributed by atoms with Crippen molar-refractivity contribution >= 4 is 0 Å². The third-order valence-corrected chi connectivity index (χ3v) is 5.72. The highest BCUT2D eigenvalue weighted by molar-refractivity contribution is 5.19. The molecule has 0 spiro atoms. The number of hydrogen-bond donors (Lipinski definition) is 0. The van der Waals surface area contributed by atoms with Crippen LogP contribution in [0.4, 0.5) is 0 Å². The molecule has 1 aromatic rings. The summed E-state index contributed by atoms with van der Waals surface area (Å²) in [6.07, 6.45) is 12.2. The summed E-state index contributed by atoms with van der Waals surface area (Å²) in [6, 6.07) is 2.20. The highest BCUT2D eigenvalue weighted by atomic mass is 15.3. The molecular formula is C16H21N3. The molecule has 0 amide bonds. The van der Waals surface area contributed by atoms with Gasteiger partial charge in [0.25, 0.3) is 0 Å². The number of rotatable bonds is 3. The van der Waals surface area contributed by atoms with E-state index in [-0.39, 0.29) is 0 Å². The van der Waals surface area contributed by atoms with Crippen molar-refractivity contribution in [3.8, 4) is 6.07 Å². The molecule has 3 heteroatoms. The smallest absolute Gasteiger partial charge is 0.0641 e. The molecule has 4 fully saturated rings. The van der Waals surface area contributed by atoms with Gasteiger partial charge in [0.2, 0.25) is 0 Å². The Labute approximate surface area is 114 Å². The predicted octanol–water partition coefficient (Wildman–Crippen LogP) is 3.34. The summed E-state index contributed by atoms with van der Waals surface area (Å²) in [5.41, 5.74) is 1.45. The highest BCUT2D eigenvalue weighted by Crippen LogP contribution is 2.59. The van der Waals surface area contributed by atoms with E-state index in [1.54, 1.807) is 0 Å². The Morgan fingerprint density at radius 1 is 1.16 bits per heavy atom. The lowest BCUT2D eigenvalue weighted by Crippen LogP contribution is -2.43. The molecule has 0 saturated heterocycles. The zero-order valence-electron chi connectivity index (χ0n) is 11.3. The van der Waals surface area contributed by atoms with Crippen molar-refractivity contribution in [1.82, 2.24) is 9.78 Å². The number of nitriles is 1. The van der Waals surface area contributed by atoms with E-state index in [4.69, 9.17) is 5.26 Å². The molecule has 4 aliphatic carbocycles. The molecule has 0 unspecified atom stereocenters. The first-order valence-electron chi connectivity index (χ1n) is 7.72. The molecule has 0 radical (unpaired) electrons. The Bertz CT molecular complexity index is 482. The van der Waals surface area contributed by atoms with E-state index < -0.39 is 0 Å². The second-order valence-corrected chi connectivity index (χ2v) is 6.90. The fourth-order valence-electron chi connectivity index (χ4n) is 5.31. The van der Waals surface area contributed by atoms with Crippen molar-refractivity contribution in [3.05, 3.63) is 18.0 Å². The van der Waals surface area contributed by atoms with Crippen molar-refractivity contribution < 1.29 is 0 Å². The largest absolute Gasteiger partial charge is 0.271 e. The van der Waals surface area contributed by atoms with Gasteiger partial charge in [0.1, 0.15) is 0 Å². The number of nitrogens with zero attached hydrogens (tertiary/aromatic N) is 3. The van der Waals surface area contributed by atoms with Gasteiger partial charge in [-0.25, -0.2) is 0 Å². The maximum Gasteiger partial charge on any atom is 0.0641 e. The Balaban J connectivity index is 1.56. The van der Waals surface area contributed by atoms with E-state index in [9.17, 15) is 0 Å². The molecular weight excluding hydrogens is 234 g/mol. The van der Waals surface area contributed by atoms with Crippen LogP contribution >= 0.6 is 0 Å². The summed E-state index contributed by atoms with van der Waals surface area (Å²) in [4.78, 5) is 0. The maximum atomic E-state index is 8.66. The van der Waals surface area contributed by atoms with Gasteiger partial charge in [-0.05, 0) is 67.3 Å². The molecule has 4 bridgehead atoms. The maximum absolute atomic E-state index is 8.66. The molecule has 0 aromatic carbocycles. The number of hydrogen-bond acceptors (Lipinski definition) is 2. The van der Waals surface area contributed by atoms with Crippen LogP contribution in [0.5, 0.6) is 0 Å². The van der Waals surface area contributed by atoms with Crippen LogP contribution in [0.15, 0.2) is 12.4 Å². The molecule has 0 atom stereocenters. The summed E-state index contributed by atoms with van der Waals surface area (Å²) < 4.78 is 1.96. The third-order valence-electron chi connectivity index (χ3n) is 5.72. The third kappa shape index (κ3) is 1.89. The number of aromatic nitrogens is 2. The zero-order valence-corrected chi connectivity index (χ0v) is 11.3. The van der Waals surface area contributed by atoms with Gasteiger partial charge in [-0.2, -0.15) is 10.4 Å². The predicted molar refractivity (Wildman–Crippen MR) is 72.2 cm³/mol. The Morgan fingerprint density at radius 2 is 1.84 bits per heavy atom. The molecule has 1 aromatic heterocycles. The first-order chi connectivity index (χ1) is 9.33. The Hall–Kier alpha value is -1.30. The van der Waals surface area contributed by atoms with Crippen LogP contribution in [0.2, 0.25) is 0 Å². The minimum atomic E-state index is 0.558. The molecule has 4 saturated carbocycles. The lowest BCUT2D eigenvalue weighted by Gasteiger charge is -2.54. The van der Waals surface area contributed by atoms with Crippen LogP contribution in [0, 0.1) is 35.0 Å². The molecule has 3 nitrogen and oxygen atoms in total. The van der Waals surface area contributed by atoms with Crippen molar-refractivity contribution in [2.75, 3.05) is 0 Å². The van der Waals surface area contributed by atoms with E-state index >= 15 is 0 Å². The second-order valence-electron chi connectivity index (χ2n) is 6.90. The number of aryl methyl sites for hydroxylation is 1. The quantitative estimate of drug-likeness (QED) is 0.831. The van der Waals surface area contributed by atoms with E-state index in [0.29, 0.717) is 6.42 Å². The van der Waals surface area contributed by atoms with Crippen LogP contribution in [0.1, 0.15) is 50.0 Å². The minimum Gasteiger partial charge on any atom is -0.271 e. The summed E-state index contributed by atoms with van der Waals surface area (Å²) in [7, 11) is 0. The normalized spacial score (nSPS) is 39.4. The lowest BCUT2D eigenvalue weighted by atomic mass is 9.51. The molecule has 19 heavy (non-hydrogen) atoms. The summed E-state index contributed by atoms with van der Waals surface area (Å²) >= 11 is 0. The van der Waals surface area contributed by atoms with Gasteiger partial charge in [0.15, 0.2) is 0 Å². The van der Waals surface area contributed by atoms with E-state index in [1.165, 1.54) is 37.7 Å². The fourth-order valence-corrected chi connectivity index (χ4v) is 5.31. The van der Waals surface area contributed by atoms with Crippen molar-refractivity contribution in [3.63, 3.8) is 0 Å². The molecule has 100 valence electrons. The van der Waals surface area contributed by atoms with Crippen LogP contribution in [-0.4, -0.2) is 9.78 Å². The van der Waals surface area contributed by atoms with E-state index in [0.717, 1.165) is 36.1 Å². The fraction of sp³-hybridized carbons (Fsp3) is 0.750. The monoisotopic (exact) mass is 255 g/mol. The summed E-state index contributed by atoms with van der Waals surface area (Å²) in [6.45, 7) is 0.740. The van der Waals surface area contributed by atoms with Gasteiger partial charge in [-0.15, -0.1) is 0 Å². The molecule has 0 N–H and O–H groups in total. The average Bonchev–Trinajstić information content (AvgIpc) is 2.83. The average molecular weight is 255 g/mol.